The van der Waals surface area contributed by atoms with Crippen LogP contribution in [0.5, 0.6) is 0 Å². The van der Waals surface area contributed by atoms with Crippen LogP contribution in [0.2, 0.25) is 0 Å². The zero-order valence-electron chi connectivity index (χ0n) is 9.91. The molecule has 0 fully saturated rings. The van der Waals surface area contributed by atoms with Crippen LogP contribution in [0.15, 0.2) is 36.4 Å². The normalized spacial score (nSPS) is 14.1. The third-order valence-corrected chi connectivity index (χ3v) is 2.27. The Balaban J connectivity index is 2.61. The van der Waals surface area contributed by atoms with E-state index in [-0.39, 0.29) is 0 Å². The van der Waals surface area contributed by atoms with Crippen LogP contribution in [-0.4, -0.2) is 34.2 Å². The molecule has 0 radical (unpaired) electrons. The minimum atomic E-state index is -1.31. The Labute approximate surface area is 105 Å². The van der Waals surface area contributed by atoms with Gasteiger partial charge in [0, 0.05) is 6.08 Å². The zero-order chi connectivity index (χ0) is 13.5. The van der Waals surface area contributed by atoms with Crippen molar-refractivity contribution >= 4 is 18.0 Å². The Kier molecular flexibility index (Phi) is 5.07. The summed E-state index contributed by atoms with van der Waals surface area (Å²) in [5.41, 5.74) is 0.830. The summed E-state index contributed by atoms with van der Waals surface area (Å²) in [6, 6.07) is 7.82. The number of aliphatic hydroxyl groups excluding tert-OH is 1. The highest BCUT2D eigenvalue weighted by molar-refractivity contribution is 5.94. The molecule has 0 unspecified atom stereocenters. The summed E-state index contributed by atoms with van der Waals surface area (Å²) in [5, 5.41) is 20.2. The van der Waals surface area contributed by atoms with Crippen molar-refractivity contribution in [2.24, 2.45) is 0 Å². The molecule has 18 heavy (non-hydrogen) atoms. The number of hydrogen-bond acceptors (Lipinski definition) is 3. The molecule has 0 aromatic heterocycles. The molecule has 0 aliphatic rings. The molecule has 1 aromatic carbocycles. The largest absolute Gasteiger partial charge is 0.480 e. The first-order chi connectivity index (χ1) is 8.50. The Morgan fingerprint density at radius 1 is 1.28 bits per heavy atom. The van der Waals surface area contributed by atoms with Crippen molar-refractivity contribution in [2.75, 3.05) is 0 Å². The van der Waals surface area contributed by atoms with Gasteiger partial charge in [-0.1, -0.05) is 30.3 Å². The molecular weight excluding hydrogens is 234 g/mol. The van der Waals surface area contributed by atoms with E-state index >= 15 is 0 Å². The molecule has 1 rings (SSSR count). The Hall–Kier alpha value is -2.14. The maximum Gasteiger partial charge on any atom is 0.328 e. The summed E-state index contributed by atoms with van der Waals surface area (Å²) in [6.45, 7) is 1.31. The van der Waals surface area contributed by atoms with Gasteiger partial charge in [0.1, 0.15) is 0 Å². The predicted molar refractivity (Wildman–Crippen MR) is 66.7 cm³/mol. The maximum atomic E-state index is 11.5. The summed E-state index contributed by atoms with van der Waals surface area (Å²) in [7, 11) is 0. The van der Waals surface area contributed by atoms with Crippen LogP contribution in [0.1, 0.15) is 12.5 Å². The second-order valence-corrected chi connectivity index (χ2v) is 3.81. The summed E-state index contributed by atoms with van der Waals surface area (Å²) < 4.78 is 0. The highest BCUT2D eigenvalue weighted by Crippen LogP contribution is 2.01. The SMILES string of the molecule is C[C@@H](O)[C@H](NC(=O)C=Cc1ccccc1)C(=O)O. The van der Waals surface area contributed by atoms with E-state index in [0.717, 1.165) is 5.56 Å². The average Bonchev–Trinajstić information content (AvgIpc) is 2.34. The van der Waals surface area contributed by atoms with Gasteiger partial charge < -0.3 is 15.5 Å². The van der Waals surface area contributed by atoms with Crippen molar-refractivity contribution in [3.8, 4) is 0 Å². The monoisotopic (exact) mass is 249 g/mol. The van der Waals surface area contributed by atoms with Gasteiger partial charge in [-0.25, -0.2) is 4.79 Å². The van der Waals surface area contributed by atoms with E-state index in [1.165, 1.54) is 13.0 Å². The molecular formula is C13H15NO4. The first kappa shape index (κ1) is 13.9. The lowest BCUT2D eigenvalue weighted by molar-refractivity contribution is -0.144. The fourth-order valence-corrected chi connectivity index (χ4v) is 1.33. The van der Waals surface area contributed by atoms with Gasteiger partial charge in [0.2, 0.25) is 5.91 Å². The van der Waals surface area contributed by atoms with Gasteiger partial charge >= 0.3 is 5.97 Å². The maximum absolute atomic E-state index is 11.5. The molecule has 0 aliphatic heterocycles. The standard InChI is InChI=1S/C13H15NO4/c1-9(15)12(13(17)18)14-11(16)8-7-10-5-3-2-4-6-10/h2-9,12,15H,1H3,(H,14,16)(H,17,18)/t9-,12+/m1/s1. The van der Waals surface area contributed by atoms with Crippen molar-refractivity contribution < 1.29 is 19.8 Å². The highest BCUT2D eigenvalue weighted by Gasteiger charge is 2.23. The molecule has 1 amide bonds. The summed E-state index contributed by atoms with van der Waals surface area (Å²) >= 11 is 0. The fourth-order valence-electron chi connectivity index (χ4n) is 1.33. The fraction of sp³-hybridized carbons (Fsp3) is 0.231. The van der Waals surface area contributed by atoms with Crippen LogP contribution in [0.25, 0.3) is 6.08 Å². The van der Waals surface area contributed by atoms with Crippen LogP contribution >= 0.6 is 0 Å². The Bertz CT molecular complexity index is 440. The van der Waals surface area contributed by atoms with Crippen molar-refractivity contribution in [2.45, 2.75) is 19.1 Å². The van der Waals surface area contributed by atoms with Gasteiger partial charge in [0.25, 0.3) is 0 Å². The number of carbonyl (C=O) groups is 2. The highest BCUT2D eigenvalue weighted by atomic mass is 16.4. The molecule has 0 aliphatic carbocycles. The van der Waals surface area contributed by atoms with Crippen molar-refractivity contribution in [3.63, 3.8) is 0 Å². The van der Waals surface area contributed by atoms with Gasteiger partial charge in [-0.3, -0.25) is 4.79 Å². The van der Waals surface area contributed by atoms with E-state index in [9.17, 15) is 14.7 Å². The van der Waals surface area contributed by atoms with Gasteiger partial charge in [0.05, 0.1) is 6.10 Å². The molecule has 5 heteroatoms. The number of amides is 1. The number of benzene rings is 1. The van der Waals surface area contributed by atoms with Crippen LogP contribution in [0.3, 0.4) is 0 Å². The average molecular weight is 249 g/mol. The quantitative estimate of drug-likeness (QED) is 0.669. The predicted octanol–water partition coefficient (Wildman–Crippen LogP) is 0.650. The lowest BCUT2D eigenvalue weighted by Gasteiger charge is -2.15. The number of rotatable bonds is 5. The van der Waals surface area contributed by atoms with Crippen LogP contribution in [0, 0.1) is 0 Å². The molecule has 5 nitrogen and oxygen atoms in total. The minimum Gasteiger partial charge on any atom is -0.480 e. The smallest absolute Gasteiger partial charge is 0.328 e. The van der Waals surface area contributed by atoms with E-state index in [2.05, 4.69) is 5.32 Å². The van der Waals surface area contributed by atoms with E-state index in [0.29, 0.717) is 0 Å². The lowest BCUT2D eigenvalue weighted by atomic mass is 10.2. The Morgan fingerprint density at radius 3 is 2.39 bits per heavy atom. The first-order valence-electron chi connectivity index (χ1n) is 5.45. The summed E-state index contributed by atoms with van der Waals surface area (Å²) in [4.78, 5) is 22.2. The van der Waals surface area contributed by atoms with Crippen molar-refractivity contribution in [1.29, 1.82) is 0 Å². The van der Waals surface area contributed by atoms with E-state index in [1.807, 2.05) is 30.3 Å². The number of carboxylic acids is 1. The van der Waals surface area contributed by atoms with E-state index in [4.69, 9.17) is 5.11 Å². The molecule has 2 atom stereocenters. The molecule has 0 heterocycles. The van der Waals surface area contributed by atoms with Crippen LogP contribution < -0.4 is 5.32 Å². The third kappa shape index (κ3) is 4.39. The second-order valence-electron chi connectivity index (χ2n) is 3.81. The second kappa shape index (κ2) is 6.56. The molecule has 0 spiro atoms. The van der Waals surface area contributed by atoms with E-state index < -0.39 is 24.0 Å². The molecule has 96 valence electrons. The third-order valence-electron chi connectivity index (χ3n) is 2.27. The molecule has 0 saturated carbocycles. The first-order valence-corrected chi connectivity index (χ1v) is 5.45. The lowest BCUT2D eigenvalue weighted by Crippen LogP contribution is -2.47. The topological polar surface area (TPSA) is 86.6 Å². The molecule has 1 aromatic rings. The molecule has 0 saturated heterocycles. The number of hydrogen-bond donors (Lipinski definition) is 3. The van der Waals surface area contributed by atoms with Crippen LogP contribution in [-0.2, 0) is 9.59 Å². The molecule has 0 bridgehead atoms. The van der Waals surface area contributed by atoms with Gasteiger partial charge in [0.15, 0.2) is 6.04 Å². The molecule has 3 N–H and O–H groups in total. The summed E-state index contributed by atoms with van der Waals surface area (Å²) in [5.74, 6) is -1.83. The van der Waals surface area contributed by atoms with Crippen molar-refractivity contribution in [3.05, 3.63) is 42.0 Å². The summed E-state index contributed by atoms with van der Waals surface area (Å²) in [6.07, 6.45) is 1.64. The number of carbonyl (C=O) groups excluding carboxylic acids is 1. The number of carboxylic acid groups (broad SMARTS) is 1. The zero-order valence-corrected chi connectivity index (χ0v) is 9.91. The van der Waals surface area contributed by atoms with Crippen LogP contribution in [0.4, 0.5) is 0 Å². The van der Waals surface area contributed by atoms with Gasteiger partial charge in [-0.15, -0.1) is 0 Å². The Morgan fingerprint density at radius 2 is 1.89 bits per heavy atom. The van der Waals surface area contributed by atoms with Gasteiger partial charge in [-0.05, 0) is 18.6 Å². The number of aliphatic hydroxyl groups is 1. The van der Waals surface area contributed by atoms with Gasteiger partial charge in [-0.2, -0.15) is 0 Å². The van der Waals surface area contributed by atoms with Crippen molar-refractivity contribution in [1.82, 2.24) is 5.32 Å². The van der Waals surface area contributed by atoms with E-state index in [1.54, 1.807) is 6.08 Å². The minimum absolute atomic E-state index is 0.563. The number of aliphatic carboxylic acids is 1. The number of nitrogens with one attached hydrogen (secondary N) is 1.